The molecule has 0 spiro atoms. The molecule has 3 N–H and O–H groups in total. The minimum absolute atomic E-state index is 0.00534. The highest BCUT2D eigenvalue weighted by Gasteiger charge is 2.25. The highest BCUT2D eigenvalue weighted by Crippen LogP contribution is 2.18. The van der Waals surface area contributed by atoms with Gasteiger partial charge in [0.1, 0.15) is 11.6 Å². The summed E-state index contributed by atoms with van der Waals surface area (Å²) in [6.45, 7) is 8.97. The summed E-state index contributed by atoms with van der Waals surface area (Å²) >= 11 is 0. The van der Waals surface area contributed by atoms with Gasteiger partial charge in [0.2, 0.25) is 0 Å². The zero-order valence-corrected chi connectivity index (χ0v) is 29.3. The lowest BCUT2D eigenvalue weighted by molar-refractivity contribution is 0.0755. The second-order valence-electron chi connectivity index (χ2n) is 12.9. The predicted octanol–water partition coefficient (Wildman–Crippen LogP) is 6.17. The van der Waals surface area contributed by atoms with Crippen molar-refractivity contribution in [3.8, 4) is 0 Å². The van der Waals surface area contributed by atoms with Crippen LogP contribution in [0.1, 0.15) is 89.4 Å². The molecule has 262 valence electrons. The van der Waals surface area contributed by atoms with Crippen LogP contribution >= 0.6 is 0 Å². The van der Waals surface area contributed by atoms with Gasteiger partial charge in [-0.2, -0.15) is 0 Å². The van der Waals surface area contributed by atoms with Crippen molar-refractivity contribution >= 4 is 11.8 Å². The van der Waals surface area contributed by atoms with E-state index in [-0.39, 0.29) is 18.9 Å². The number of benzene rings is 3. The summed E-state index contributed by atoms with van der Waals surface area (Å²) < 4.78 is 28.3. The first-order valence-electron chi connectivity index (χ1n) is 17.3. The molecule has 0 radical (unpaired) electrons. The number of nitrogens with one attached hydrogen (secondary N) is 2. The van der Waals surface area contributed by atoms with Crippen LogP contribution in [-0.4, -0.2) is 79.1 Å². The van der Waals surface area contributed by atoms with Crippen molar-refractivity contribution < 1.29 is 23.5 Å². The maximum atomic E-state index is 14.1. The van der Waals surface area contributed by atoms with Crippen LogP contribution in [0, 0.1) is 11.6 Å². The molecule has 0 saturated carbocycles. The molecule has 3 rings (SSSR count). The van der Waals surface area contributed by atoms with E-state index < -0.39 is 29.7 Å². The van der Waals surface area contributed by atoms with Gasteiger partial charge in [-0.25, -0.2) is 8.78 Å². The minimum atomic E-state index is -1.07. The van der Waals surface area contributed by atoms with E-state index in [0.717, 1.165) is 55.8 Å². The number of aliphatic hydroxyl groups is 1. The monoisotopic (exact) mass is 664 g/mol. The Balaban J connectivity index is 1.87. The Kier molecular flexibility index (Phi) is 16.2. The zero-order chi connectivity index (χ0) is 35.1. The lowest BCUT2D eigenvalue weighted by Gasteiger charge is -2.26. The third-order valence-corrected chi connectivity index (χ3v) is 8.34. The molecule has 0 saturated heterocycles. The van der Waals surface area contributed by atoms with Gasteiger partial charge in [-0.05, 0) is 118 Å². The van der Waals surface area contributed by atoms with E-state index in [1.807, 2.05) is 51.0 Å². The molecular formula is C39H54F2N4O3. The van der Waals surface area contributed by atoms with E-state index in [9.17, 15) is 23.5 Å². The first-order valence-corrected chi connectivity index (χ1v) is 17.3. The summed E-state index contributed by atoms with van der Waals surface area (Å²) in [6, 6.07) is 15.8. The number of carbonyl (C=O) groups is 2. The lowest BCUT2D eigenvalue weighted by atomic mass is 9.98. The number of nitrogens with zero attached hydrogens (tertiary/aromatic N) is 2. The van der Waals surface area contributed by atoms with Crippen LogP contribution in [0.15, 0.2) is 60.7 Å². The fraction of sp³-hybridized carbons (Fsp3) is 0.487. The quantitative estimate of drug-likeness (QED) is 0.126. The molecule has 0 heterocycles. The molecule has 0 aliphatic heterocycles. The number of aliphatic hydroxyl groups excluding tert-OH is 1. The molecule has 7 nitrogen and oxygen atoms in total. The molecule has 3 aromatic rings. The second-order valence-corrected chi connectivity index (χ2v) is 12.9. The average Bonchev–Trinajstić information content (AvgIpc) is 3.05. The molecule has 0 aliphatic carbocycles. The Morgan fingerprint density at radius 2 is 1.46 bits per heavy atom. The Hall–Kier alpha value is -3.66. The molecule has 9 heteroatoms. The summed E-state index contributed by atoms with van der Waals surface area (Å²) in [5.41, 5.74) is 4.23. The molecule has 0 fully saturated rings. The summed E-state index contributed by atoms with van der Waals surface area (Å²) in [7, 11) is 4.06. The molecule has 3 aromatic carbocycles. The predicted molar refractivity (Wildman–Crippen MR) is 189 cm³/mol. The number of unbranched alkanes of at least 4 members (excludes halogenated alkanes) is 1. The van der Waals surface area contributed by atoms with Crippen molar-refractivity contribution in [1.29, 1.82) is 0 Å². The van der Waals surface area contributed by atoms with E-state index >= 15 is 0 Å². The van der Waals surface area contributed by atoms with E-state index in [4.69, 9.17) is 0 Å². The maximum Gasteiger partial charge on any atom is 0.253 e. The maximum absolute atomic E-state index is 14.1. The number of rotatable bonds is 20. The van der Waals surface area contributed by atoms with E-state index in [0.29, 0.717) is 42.7 Å². The Morgan fingerprint density at radius 1 is 0.792 bits per heavy atom. The van der Waals surface area contributed by atoms with Crippen molar-refractivity contribution in [3.05, 3.63) is 106 Å². The van der Waals surface area contributed by atoms with Crippen molar-refractivity contribution in [2.75, 3.05) is 40.3 Å². The van der Waals surface area contributed by atoms with Gasteiger partial charge in [0, 0.05) is 43.4 Å². The van der Waals surface area contributed by atoms with Gasteiger partial charge in [0.15, 0.2) is 0 Å². The van der Waals surface area contributed by atoms with Gasteiger partial charge in [-0.1, -0.05) is 45.0 Å². The van der Waals surface area contributed by atoms with Gasteiger partial charge in [-0.3, -0.25) is 9.59 Å². The van der Waals surface area contributed by atoms with Gasteiger partial charge in [0.05, 0.1) is 12.1 Å². The van der Waals surface area contributed by atoms with Crippen LogP contribution in [0.5, 0.6) is 0 Å². The topological polar surface area (TPSA) is 84.9 Å². The van der Waals surface area contributed by atoms with Crippen LogP contribution in [0.25, 0.3) is 0 Å². The highest BCUT2D eigenvalue weighted by atomic mass is 19.1. The third kappa shape index (κ3) is 12.7. The van der Waals surface area contributed by atoms with Crippen molar-refractivity contribution in [1.82, 2.24) is 20.4 Å². The smallest absolute Gasteiger partial charge is 0.253 e. The fourth-order valence-electron chi connectivity index (χ4n) is 5.87. The number of hydrogen-bond donors (Lipinski definition) is 3. The summed E-state index contributed by atoms with van der Waals surface area (Å²) in [5.74, 6) is -2.04. The van der Waals surface area contributed by atoms with Crippen LogP contribution in [-0.2, 0) is 25.8 Å². The van der Waals surface area contributed by atoms with Crippen molar-refractivity contribution in [2.24, 2.45) is 0 Å². The summed E-state index contributed by atoms with van der Waals surface area (Å²) in [6.07, 6.45) is 4.05. The van der Waals surface area contributed by atoms with E-state index in [1.54, 1.807) is 12.1 Å². The second kappa shape index (κ2) is 20.0. The molecule has 2 atom stereocenters. The Morgan fingerprint density at radius 3 is 2.10 bits per heavy atom. The lowest BCUT2D eigenvalue weighted by Crippen LogP contribution is -2.48. The molecule has 2 amide bonds. The molecule has 48 heavy (non-hydrogen) atoms. The molecular weight excluding hydrogens is 610 g/mol. The standard InChI is InChI=1S/C39H54F2N4O3/c1-6-15-45(16-7-2)39(48)33-20-29(12-9-10-17-44(4)5)19-32(24-33)38(47)43-36(23-31-21-34(40)25-35(41)22-31)37(46)27-42-26-30-14-11-13-28(8-3)18-30/h11,13-14,18-22,24-25,36-37,42,46H,6-10,12,15-17,23,26-27H2,1-5H3,(H,43,47)/t36?,37-/m1/s1. The molecule has 0 aromatic heterocycles. The molecule has 0 bridgehead atoms. The SMILES string of the molecule is CCCN(CCC)C(=O)c1cc(CCCCN(C)C)cc(C(=O)NC(Cc2cc(F)cc(F)c2)[C@H](O)CNCc2cccc(CC)c2)c1. The first kappa shape index (κ1) is 38.8. The number of carbonyl (C=O) groups excluding carboxylic acids is 2. The van der Waals surface area contributed by atoms with Gasteiger partial charge in [0.25, 0.3) is 11.8 Å². The zero-order valence-electron chi connectivity index (χ0n) is 29.3. The van der Waals surface area contributed by atoms with Crippen LogP contribution in [0.3, 0.4) is 0 Å². The molecule has 1 unspecified atom stereocenters. The van der Waals surface area contributed by atoms with Crippen LogP contribution in [0.4, 0.5) is 8.78 Å². The van der Waals surface area contributed by atoms with Crippen molar-refractivity contribution in [3.63, 3.8) is 0 Å². The van der Waals surface area contributed by atoms with Crippen LogP contribution in [0.2, 0.25) is 0 Å². The largest absolute Gasteiger partial charge is 0.390 e. The minimum Gasteiger partial charge on any atom is -0.390 e. The third-order valence-electron chi connectivity index (χ3n) is 8.34. The average molecular weight is 665 g/mol. The highest BCUT2D eigenvalue weighted by molar-refractivity contribution is 6.00. The molecule has 0 aliphatic rings. The van der Waals surface area contributed by atoms with Gasteiger partial charge in [-0.15, -0.1) is 0 Å². The van der Waals surface area contributed by atoms with E-state index in [2.05, 4.69) is 34.6 Å². The summed E-state index contributed by atoms with van der Waals surface area (Å²) in [5, 5.41) is 17.5. The number of amides is 2. The number of hydrogen-bond acceptors (Lipinski definition) is 5. The Bertz CT molecular complexity index is 1440. The van der Waals surface area contributed by atoms with Gasteiger partial charge >= 0.3 is 0 Å². The number of aryl methyl sites for hydroxylation is 2. The Labute approximate surface area is 285 Å². The summed E-state index contributed by atoms with van der Waals surface area (Å²) in [4.78, 5) is 31.5. The number of halogens is 2. The normalized spacial score (nSPS) is 12.6. The van der Waals surface area contributed by atoms with Crippen LogP contribution < -0.4 is 10.6 Å². The van der Waals surface area contributed by atoms with Crippen molar-refractivity contribution in [2.45, 2.75) is 84.4 Å². The first-order chi connectivity index (χ1) is 23.0. The fourth-order valence-corrected chi connectivity index (χ4v) is 5.87. The van der Waals surface area contributed by atoms with E-state index in [1.165, 1.54) is 17.7 Å². The van der Waals surface area contributed by atoms with Gasteiger partial charge < -0.3 is 25.5 Å².